The van der Waals surface area contributed by atoms with Crippen molar-refractivity contribution in [1.29, 1.82) is 0 Å². The first-order valence-corrected chi connectivity index (χ1v) is 13.3. The van der Waals surface area contributed by atoms with Gasteiger partial charge < -0.3 is 4.74 Å². The van der Waals surface area contributed by atoms with Gasteiger partial charge in [0.15, 0.2) is 5.17 Å². The fraction of sp³-hybridized carbons (Fsp3) is 0.185. The lowest BCUT2D eigenvalue weighted by atomic mass is 10.1. The minimum Gasteiger partial charge on any atom is -0.492 e. The molecule has 0 saturated carbocycles. The minimum atomic E-state index is -0.114. The van der Waals surface area contributed by atoms with E-state index < -0.39 is 0 Å². The Balaban J connectivity index is 1.79. The number of rotatable bonds is 6. The number of anilines is 1. The van der Waals surface area contributed by atoms with Crippen LogP contribution < -0.4 is 9.64 Å². The molecule has 0 unspecified atom stereocenters. The van der Waals surface area contributed by atoms with Crippen LogP contribution in [0.3, 0.4) is 0 Å². The number of hydrogen-bond acceptors (Lipinski definition) is 4. The van der Waals surface area contributed by atoms with Crippen molar-refractivity contribution >= 4 is 72.1 Å². The Morgan fingerprint density at radius 2 is 1.65 bits per heavy atom. The quantitative estimate of drug-likeness (QED) is 0.267. The Morgan fingerprint density at radius 3 is 2.29 bits per heavy atom. The van der Waals surface area contributed by atoms with E-state index in [0.29, 0.717) is 16.7 Å². The van der Waals surface area contributed by atoms with E-state index in [9.17, 15) is 4.79 Å². The smallest absolute Gasteiger partial charge is 0.271 e. The van der Waals surface area contributed by atoms with Crippen molar-refractivity contribution in [2.24, 2.45) is 4.99 Å². The van der Waals surface area contributed by atoms with Crippen molar-refractivity contribution in [3.05, 3.63) is 91.2 Å². The van der Waals surface area contributed by atoms with Crippen LogP contribution in [-0.2, 0) is 4.79 Å². The highest BCUT2D eigenvalue weighted by Gasteiger charge is 2.35. The Bertz CT molecular complexity index is 1270. The molecule has 1 amide bonds. The van der Waals surface area contributed by atoms with E-state index in [1.807, 2.05) is 80.6 Å². The highest BCUT2D eigenvalue weighted by Crippen LogP contribution is 2.40. The van der Waals surface area contributed by atoms with Gasteiger partial charge in [-0.3, -0.25) is 9.69 Å². The molecule has 0 bridgehead atoms. The molecule has 0 spiro atoms. The van der Waals surface area contributed by atoms with Crippen LogP contribution in [0.15, 0.2) is 79.5 Å². The molecule has 174 valence electrons. The molecule has 3 aromatic rings. The first-order chi connectivity index (χ1) is 16.4. The van der Waals surface area contributed by atoms with Crippen LogP contribution >= 0.6 is 43.6 Å². The van der Waals surface area contributed by atoms with Crippen LogP contribution in [0, 0.1) is 13.8 Å². The normalized spacial score (nSPS) is 16.0. The lowest BCUT2D eigenvalue weighted by molar-refractivity contribution is -0.113. The number of benzene rings is 3. The van der Waals surface area contributed by atoms with Crippen molar-refractivity contribution in [2.75, 3.05) is 11.5 Å². The monoisotopic (exact) mass is 598 g/mol. The minimum absolute atomic E-state index is 0.114. The zero-order valence-electron chi connectivity index (χ0n) is 19.1. The molecular formula is C27H24Br2N2O2S. The predicted molar refractivity (Wildman–Crippen MR) is 150 cm³/mol. The molecule has 0 radical (unpaired) electrons. The van der Waals surface area contributed by atoms with Crippen LogP contribution in [0.25, 0.3) is 6.08 Å². The summed E-state index contributed by atoms with van der Waals surface area (Å²) in [4.78, 5) is 20.7. The van der Waals surface area contributed by atoms with Gasteiger partial charge >= 0.3 is 0 Å². The SMILES string of the molecule is CCCOc1c(Br)cc(Br)cc1/C=C1\SC(=Nc2ccc(C)cc2)N(c2ccc(C)cc2)C1=O. The first kappa shape index (κ1) is 24.8. The zero-order chi connectivity index (χ0) is 24.2. The van der Waals surface area contributed by atoms with Gasteiger partial charge in [0, 0.05) is 10.0 Å². The van der Waals surface area contributed by atoms with E-state index in [1.165, 1.54) is 11.8 Å². The standard InChI is InChI=1S/C27H24Br2N2O2S/c1-4-13-33-25-19(14-20(28)16-23(25)29)15-24-26(32)31(22-11-7-18(3)8-12-22)27(34-24)30-21-9-5-17(2)6-10-21/h5-12,14-16H,4,13H2,1-3H3/b24-15-,30-27?. The second kappa shape index (κ2) is 10.9. The fourth-order valence-corrected chi connectivity index (χ4v) is 5.75. The molecule has 1 aliphatic rings. The summed E-state index contributed by atoms with van der Waals surface area (Å²) in [6.07, 6.45) is 2.77. The van der Waals surface area contributed by atoms with E-state index >= 15 is 0 Å². The predicted octanol–water partition coefficient (Wildman–Crippen LogP) is 8.43. The van der Waals surface area contributed by atoms with E-state index in [-0.39, 0.29) is 5.91 Å². The third kappa shape index (κ3) is 5.65. The van der Waals surface area contributed by atoms with Gasteiger partial charge in [-0.2, -0.15) is 0 Å². The summed E-state index contributed by atoms with van der Waals surface area (Å²) in [5.74, 6) is 0.606. The molecular weight excluding hydrogens is 576 g/mol. The fourth-order valence-electron chi connectivity index (χ4n) is 3.39. The number of halogens is 2. The van der Waals surface area contributed by atoms with Gasteiger partial charge in [0.25, 0.3) is 5.91 Å². The number of hydrogen-bond donors (Lipinski definition) is 0. The topological polar surface area (TPSA) is 41.9 Å². The molecule has 1 heterocycles. The summed E-state index contributed by atoms with van der Waals surface area (Å²) < 4.78 is 7.73. The summed E-state index contributed by atoms with van der Waals surface area (Å²) in [6.45, 7) is 6.72. The second-order valence-corrected chi connectivity index (χ2v) is 10.8. The number of aliphatic imine (C=N–C) groups is 1. The third-order valence-corrected chi connectivity index (χ3v) is 7.15. The lowest BCUT2D eigenvalue weighted by Gasteiger charge is -2.16. The summed E-state index contributed by atoms with van der Waals surface area (Å²) in [6, 6.07) is 19.8. The molecule has 3 aromatic carbocycles. The Hall–Kier alpha value is -2.35. The molecule has 0 atom stereocenters. The molecule has 0 N–H and O–H groups in total. The van der Waals surface area contributed by atoms with E-state index in [1.54, 1.807) is 4.90 Å². The maximum atomic E-state index is 13.6. The van der Waals surface area contributed by atoms with Crippen LogP contribution in [0.5, 0.6) is 5.75 Å². The van der Waals surface area contributed by atoms with Crippen LogP contribution in [-0.4, -0.2) is 17.7 Å². The summed E-state index contributed by atoms with van der Waals surface area (Å²) in [5.41, 5.74) is 4.71. The maximum Gasteiger partial charge on any atom is 0.271 e. The number of ether oxygens (including phenoxy) is 1. The first-order valence-electron chi connectivity index (χ1n) is 10.9. The van der Waals surface area contributed by atoms with Gasteiger partial charge in [-0.05, 0) is 90.4 Å². The van der Waals surface area contributed by atoms with Gasteiger partial charge in [-0.15, -0.1) is 0 Å². The van der Waals surface area contributed by atoms with Gasteiger partial charge in [0.05, 0.1) is 27.4 Å². The number of amides is 1. The van der Waals surface area contributed by atoms with Gasteiger partial charge in [0.2, 0.25) is 0 Å². The molecule has 34 heavy (non-hydrogen) atoms. The highest BCUT2D eigenvalue weighted by atomic mass is 79.9. The molecule has 0 aliphatic carbocycles. The average Bonchev–Trinajstić information content (AvgIpc) is 3.10. The summed E-state index contributed by atoms with van der Waals surface area (Å²) >= 11 is 8.52. The van der Waals surface area contributed by atoms with Gasteiger partial charge in [0.1, 0.15) is 5.75 Å². The zero-order valence-corrected chi connectivity index (χ0v) is 23.1. The van der Waals surface area contributed by atoms with Crippen molar-refractivity contribution in [2.45, 2.75) is 27.2 Å². The van der Waals surface area contributed by atoms with Crippen molar-refractivity contribution in [1.82, 2.24) is 0 Å². The van der Waals surface area contributed by atoms with Crippen LogP contribution in [0.1, 0.15) is 30.0 Å². The average molecular weight is 600 g/mol. The second-order valence-electron chi connectivity index (χ2n) is 7.97. The third-order valence-electron chi connectivity index (χ3n) is 5.13. The van der Waals surface area contributed by atoms with Crippen LogP contribution in [0.4, 0.5) is 11.4 Å². The lowest BCUT2D eigenvalue weighted by Crippen LogP contribution is -2.28. The number of carbonyl (C=O) groups excluding carboxylic acids is 1. The van der Waals surface area contributed by atoms with Crippen LogP contribution in [0.2, 0.25) is 0 Å². The number of carbonyl (C=O) groups is 1. The number of aryl methyl sites for hydroxylation is 2. The number of amidine groups is 1. The summed E-state index contributed by atoms with van der Waals surface area (Å²) in [5, 5.41) is 0.619. The molecule has 0 aromatic heterocycles. The van der Waals surface area contributed by atoms with E-state index in [2.05, 4.69) is 38.8 Å². The van der Waals surface area contributed by atoms with Gasteiger partial charge in [-0.1, -0.05) is 58.2 Å². The summed E-state index contributed by atoms with van der Waals surface area (Å²) in [7, 11) is 0. The molecule has 7 heteroatoms. The number of thioether (sulfide) groups is 1. The Labute approximate surface area is 221 Å². The number of nitrogens with zero attached hydrogens (tertiary/aromatic N) is 2. The Kier molecular flexibility index (Phi) is 7.96. The molecule has 1 fully saturated rings. The maximum absolute atomic E-state index is 13.6. The van der Waals surface area contributed by atoms with E-state index in [0.717, 1.165) is 49.2 Å². The molecule has 4 nitrogen and oxygen atoms in total. The largest absolute Gasteiger partial charge is 0.492 e. The van der Waals surface area contributed by atoms with Crippen molar-refractivity contribution in [3.63, 3.8) is 0 Å². The van der Waals surface area contributed by atoms with Crippen molar-refractivity contribution < 1.29 is 9.53 Å². The highest BCUT2D eigenvalue weighted by molar-refractivity contribution is 9.11. The van der Waals surface area contributed by atoms with E-state index in [4.69, 9.17) is 9.73 Å². The molecule has 1 aliphatic heterocycles. The van der Waals surface area contributed by atoms with Gasteiger partial charge in [-0.25, -0.2) is 4.99 Å². The Morgan fingerprint density at radius 1 is 1.00 bits per heavy atom. The molecule has 4 rings (SSSR count). The molecule has 1 saturated heterocycles. The van der Waals surface area contributed by atoms with Crippen molar-refractivity contribution in [3.8, 4) is 5.75 Å².